The molecule has 0 unspecified atom stereocenters. The van der Waals surface area contributed by atoms with Crippen molar-refractivity contribution in [1.82, 2.24) is 5.32 Å². The van der Waals surface area contributed by atoms with E-state index in [1.807, 2.05) is 13.0 Å². The van der Waals surface area contributed by atoms with Gasteiger partial charge in [-0.1, -0.05) is 30.7 Å². The van der Waals surface area contributed by atoms with E-state index in [9.17, 15) is 8.78 Å². The molecule has 0 radical (unpaired) electrons. The van der Waals surface area contributed by atoms with Gasteiger partial charge in [0.25, 0.3) is 0 Å². The Morgan fingerprint density at radius 3 is 2.50 bits per heavy atom. The van der Waals surface area contributed by atoms with Gasteiger partial charge in [0.05, 0.1) is 0 Å². The normalized spacial score (nSPS) is 10.8. The highest BCUT2D eigenvalue weighted by Crippen LogP contribution is 2.29. The van der Waals surface area contributed by atoms with Gasteiger partial charge in [0.15, 0.2) is 0 Å². The van der Waals surface area contributed by atoms with Gasteiger partial charge < -0.3 is 5.32 Å². The molecule has 0 atom stereocenters. The lowest BCUT2D eigenvalue weighted by Gasteiger charge is -2.10. The molecule has 0 saturated carbocycles. The van der Waals surface area contributed by atoms with Crippen molar-refractivity contribution in [2.45, 2.75) is 20.4 Å². The Hall–Kier alpha value is -1.45. The summed E-state index contributed by atoms with van der Waals surface area (Å²) in [6, 6.07) is 7.78. The highest BCUT2D eigenvalue weighted by atomic mass is 35.5. The van der Waals surface area contributed by atoms with Crippen molar-refractivity contribution in [3.63, 3.8) is 0 Å². The summed E-state index contributed by atoms with van der Waals surface area (Å²) in [6.45, 7) is 5.14. The molecule has 106 valence electrons. The maximum Gasteiger partial charge on any atom is 0.133 e. The van der Waals surface area contributed by atoms with Gasteiger partial charge in [-0.25, -0.2) is 8.78 Å². The maximum absolute atomic E-state index is 13.9. The lowest BCUT2D eigenvalue weighted by Crippen LogP contribution is -2.11. The number of benzene rings is 2. The molecule has 2 aromatic carbocycles. The number of hydrogen-bond acceptors (Lipinski definition) is 1. The van der Waals surface area contributed by atoms with Gasteiger partial charge in [0.2, 0.25) is 0 Å². The van der Waals surface area contributed by atoms with Gasteiger partial charge in [-0.05, 0) is 42.3 Å². The van der Waals surface area contributed by atoms with E-state index in [1.165, 1.54) is 6.07 Å². The van der Waals surface area contributed by atoms with Gasteiger partial charge in [-0.15, -0.1) is 0 Å². The topological polar surface area (TPSA) is 12.0 Å². The van der Waals surface area contributed by atoms with E-state index in [4.69, 9.17) is 11.6 Å². The minimum Gasteiger partial charge on any atom is -0.313 e. The van der Waals surface area contributed by atoms with Crippen LogP contribution >= 0.6 is 11.6 Å². The molecule has 4 heteroatoms. The van der Waals surface area contributed by atoms with Crippen LogP contribution in [0.15, 0.2) is 30.3 Å². The first-order valence-electron chi connectivity index (χ1n) is 6.48. The molecule has 0 saturated heterocycles. The average Bonchev–Trinajstić information content (AvgIpc) is 2.41. The van der Waals surface area contributed by atoms with Crippen molar-refractivity contribution in [2.24, 2.45) is 0 Å². The van der Waals surface area contributed by atoms with E-state index in [0.29, 0.717) is 28.3 Å². The fourth-order valence-electron chi connectivity index (χ4n) is 2.00. The fourth-order valence-corrected chi connectivity index (χ4v) is 2.24. The van der Waals surface area contributed by atoms with E-state index in [2.05, 4.69) is 5.32 Å². The standard InChI is InChI=1S/C16H16ClF2N/c1-3-20-9-12-5-4-11(7-14(12)17)13-6-10(2)15(18)8-16(13)19/h4-8,20H,3,9H2,1-2H3. The quantitative estimate of drug-likeness (QED) is 0.862. The van der Waals surface area contributed by atoms with Crippen LogP contribution in [0.25, 0.3) is 11.1 Å². The van der Waals surface area contributed by atoms with Crippen molar-refractivity contribution in [1.29, 1.82) is 0 Å². The molecule has 20 heavy (non-hydrogen) atoms. The Morgan fingerprint density at radius 2 is 1.85 bits per heavy atom. The minimum atomic E-state index is -0.580. The van der Waals surface area contributed by atoms with E-state index in [0.717, 1.165) is 18.2 Å². The SMILES string of the molecule is CCNCc1ccc(-c2cc(C)c(F)cc2F)cc1Cl. The van der Waals surface area contributed by atoms with Crippen molar-refractivity contribution in [3.8, 4) is 11.1 Å². The molecule has 0 fully saturated rings. The predicted octanol–water partition coefficient (Wildman–Crippen LogP) is 4.70. The first-order chi connectivity index (χ1) is 9.52. The Bertz CT molecular complexity index is 626. The lowest BCUT2D eigenvalue weighted by molar-refractivity contribution is 0.579. The summed E-state index contributed by atoms with van der Waals surface area (Å²) >= 11 is 6.20. The van der Waals surface area contributed by atoms with Crippen LogP contribution in [-0.2, 0) is 6.54 Å². The molecule has 2 aromatic rings. The molecule has 0 aliphatic carbocycles. The van der Waals surface area contributed by atoms with E-state index in [-0.39, 0.29) is 0 Å². The molecule has 0 bridgehead atoms. The van der Waals surface area contributed by atoms with Crippen molar-refractivity contribution in [3.05, 3.63) is 58.1 Å². The highest BCUT2D eigenvalue weighted by Gasteiger charge is 2.11. The summed E-state index contributed by atoms with van der Waals surface area (Å²) in [5.41, 5.74) is 2.38. The van der Waals surface area contributed by atoms with Crippen LogP contribution in [0.1, 0.15) is 18.1 Å². The molecule has 0 aliphatic heterocycles. The fraction of sp³-hybridized carbons (Fsp3) is 0.250. The first-order valence-corrected chi connectivity index (χ1v) is 6.86. The smallest absolute Gasteiger partial charge is 0.133 e. The van der Waals surface area contributed by atoms with Crippen LogP contribution in [-0.4, -0.2) is 6.54 Å². The molecule has 0 amide bonds. The van der Waals surface area contributed by atoms with Gasteiger partial charge in [-0.3, -0.25) is 0 Å². The van der Waals surface area contributed by atoms with Crippen LogP contribution in [0.5, 0.6) is 0 Å². The average molecular weight is 296 g/mol. The lowest BCUT2D eigenvalue weighted by atomic mass is 10.0. The summed E-state index contributed by atoms with van der Waals surface area (Å²) in [5.74, 6) is -1.12. The van der Waals surface area contributed by atoms with Crippen LogP contribution in [0.4, 0.5) is 8.78 Å². The van der Waals surface area contributed by atoms with Crippen LogP contribution in [0.2, 0.25) is 5.02 Å². The largest absolute Gasteiger partial charge is 0.313 e. The van der Waals surface area contributed by atoms with Gasteiger partial charge in [0.1, 0.15) is 11.6 Å². The molecular formula is C16H16ClF2N. The zero-order valence-corrected chi connectivity index (χ0v) is 12.2. The first kappa shape index (κ1) is 14.9. The van der Waals surface area contributed by atoms with E-state index < -0.39 is 11.6 Å². The third-order valence-electron chi connectivity index (χ3n) is 3.18. The second-order valence-electron chi connectivity index (χ2n) is 4.67. The summed E-state index contributed by atoms with van der Waals surface area (Å²) < 4.78 is 27.1. The van der Waals surface area contributed by atoms with Gasteiger partial charge in [0, 0.05) is 23.2 Å². The van der Waals surface area contributed by atoms with Crippen LogP contribution in [0.3, 0.4) is 0 Å². The number of nitrogens with one attached hydrogen (secondary N) is 1. The summed E-state index contributed by atoms with van der Waals surface area (Å²) in [6.07, 6.45) is 0. The predicted molar refractivity (Wildman–Crippen MR) is 78.9 cm³/mol. The molecule has 0 spiro atoms. The van der Waals surface area contributed by atoms with Gasteiger partial charge >= 0.3 is 0 Å². The minimum absolute atomic E-state index is 0.362. The van der Waals surface area contributed by atoms with Crippen molar-refractivity contribution < 1.29 is 8.78 Å². The number of halogens is 3. The van der Waals surface area contributed by atoms with E-state index in [1.54, 1.807) is 19.1 Å². The number of aryl methyl sites for hydroxylation is 1. The Balaban J connectivity index is 2.39. The second-order valence-corrected chi connectivity index (χ2v) is 5.07. The van der Waals surface area contributed by atoms with Crippen molar-refractivity contribution >= 4 is 11.6 Å². The van der Waals surface area contributed by atoms with E-state index >= 15 is 0 Å². The number of hydrogen-bond donors (Lipinski definition) is 1. The second kappa shape index (κ2) is 6.33. The molecule has 1 N–H and O–H groups in total. The molecular weight excluding hydrogens is 280 g/mol. The molecule has 1 nitrogen and oxygen atoms in total. The summed E-state index contributed by atoms with van der Waals surface area (Å²) in [4.78, 5) is 0. The Kier molecular flexibility index (Phi) is 4.73. The summed E-state index contributed by atoms with van der Waals surface area (Å²) in [7, 11) is 0. The molecule has 0 heterocycles. The summed E-state index contributed by atoms with van der Waals surface area (Å²) in [5, 5.41) is 3.76. The maximum atomic E-state index is 13.9. The Morgan fingerprint density at radius 1 is 1.10 bits per heavy atom. The third kappa shape index (κ3) is 3.17. The van der Waals surface area contributed by atoms with Crippen molar-refractivity contribution in [2.75, 3.05) is 6.54 Å². The zero-order chi connectivity index (χ0) is 14.7. The number of rotatable bonds is 4. The Labute approximate surface area is 122 Å². The molecule has 2 rings (SSSR count). The van der Waals surface area contributed by atoms with Crippen LogP contribution < -0.4 is 5.32 Å². The van der Waals surface area contributed by atoms with Gasteiger partial charge in [-0.2, -0.15) is 0 Å². The third-order valence-corrected chi connectivity index (χ3v) is 3.53. The monoisotopic (exact) mass is 295 g/mol. The zero-order valence-electron chi connectivity index (χ0n) is 11.4. The molecule has 0 aliphatic rings. The highest BCUT2D eigenvalue weighted by molar-refractivity contribution is 6.31. The molecule has 0 aromatic heterocycles. The van der Waals surface area contributed by atoms with Crippen LogP contribution in [0, 0.1) is 18.6 Å².